The molecular formula is C14H9F2N5OS. The van der Waals surface area contributed by atoms with Gasteiger partial charge in [0.05, 0.1) is 5.39 Å². The molecule has 23 heavy (non-hydrogen) atoms. The highest BCUT2D eigenvalue weighted by Gasteiger charge is 2.22. The van der Waals surface area contributed by atoms with Crippen LogP contribution >= 0.6 is 11.3 Å². The molecule has 4 rings (SSSR count). The third-order valence-electron chi connectivity index (χ3n) is 3.64. The molecule has 3 aromatic heterocycles. The standard InChI is InChI=1S/C14H9F2N5OS/c1-4-8-10-9(5(15)2-7(22)11(10)16)12(19-13(8)21-20-4)6-3-23-14(17)18-6/h2-3H,1H3,(H2,17,18)(H2,19,20,21). The van der Waals surface area contributed by atoms with Crippen molar-refractivity contribution in [1.29, 1.82) is 0 Å². The lowest BCUT2D eigenvalue weighted by molar-refractivity contribution is 0.609. The van der Waals surface area contributed by atoms with Gasteiger partial charge in [-0.05, 0) is 6.92 Å². The maximum Gasteiger partial charge on any atom is 0.217 e. The fourth-order valence-electron chi connectivity index (χ4n) is 2.66. The number of benzene rings is 1. The zero-order valence-electron chi connectivity index (χ0n) is 11.7. The number of anilines is 1. The largest absolute Gasteiger partial charge is 0.375 e. The summed E-state index contributed by atoms with van der Waals surface area (Å²) in [5, 5.41) is 7.60. The summed E-state index contributed by atoms with van der Waals surface area (Å²) in [4.78, 5) is 20.1. The molecule has 116 valence electrons. The first-order chi connectivity index (χ1) is 11.0. The Hall–Kier alpha value is -2.81. The van der Waals surface area contributed by atoms with E-state index in [0.717, 1.165) is 11.3 Å². The smallest absolute Gasteiger partial charge is 0.217 e. The highest BCUT2D eigenvalue weighted by Crippen LogP contribution is 2.35. The van der Waals surface area contributed by atoms with E-state index in [1.807, 2.05) is 0 Å². The number of thiazole rings is 1. The Morgan fingerprint density at radius 3 is 2.65 bits per heavy atom. The first-order valence-electron chi connectivity index (χ1n) is 6.57. The van der Waals surface area contributed by atoms with Crippen molar-refractivity contribution < 1.29 is 8.78 Å². The van der Waals surface area contributed by atoms with Crippen LogP contribution in [-0.4, -0.2) is 20.2 Å². The summed E-state index contributed by atoms with van der Waals surface area (Å²) in [5.74, 6) is -1.86. The summed E-state index contributed by atoms with van der Waals surface area (Å²) in [5.41, 5.74) is 5.92. The number of aromatic nitrogens is 4. The van der Waals surface area contributed by atoms with Crippen LogP contribution in [0.4, 0.5) is 13.9 Å². The molecule has 0 unspecified atom stereocenters. The van der Waals surface area contributed by atoms with E-state index in [2.05, 4.69) is 20.2 Å². The number of nitrogens with zero attached hydrogens (tertiary/aromatic N) is 2. The van der Waals surface area contributed by atoms with E-state index < -0.39 is 17.1 Å². The molecule has 0 fully saturated rings. The van der Waals surface area contributed by atoms with Crippen LogP contribution in [0.15, 0.2) is 16.2 Å². The van der Waals surface area contributed by atoms with Gasteiger partial charge in [-0.3, -0.25) is 9.89 Å². The first kappa shape index (κ1) is 13.8. The lowest BCUT2D eigenvalue weighted by Gasteiger charge is -2.07. The molecule has 0 aliphatic heterocycles. The molecule has 3 heterocycles. The third-order valence-corrected chi connectivity index (χ3v) is 4.31. The molecule has 1 aromatic carbocycles. The molecule has 0 saturated heterocycles. The number of nitrogens with one attached hydrogen (secondary N) is 2. The lowest BCUT2D eigenvalue weighted by atomic mass is 10.0. The first-order valence-corrected chi connectivity index (χ1v) is 7.45. The van der Waals surface area contributed by atoms with E-state index in [0.29, 0.717) is 28.5 Å². The zero-order valence-corrected chi connectivity index (χ0v) is 12.5. The Morgan fingerprint density at radius 2 is 1.96 bits per heavy atom. The molecule has 0 aliphatic rings. The molecule has 0 saturated carbocycles. The van der Waals surface area contributed by atoms with Gasteiger partial charge >= 0.3 is 0 Å². The van der Waals surface area contributed by atoms with Crippen LogP contribution in [0.1, 0.15) is 5.69 Å². The van der Waals surface area contributed by atoms with Gasteiger partial charge in [-0.2, -0.15) is 0 Å². The molecule has 0 atom stereocenters. The quantitative estimate of drug-likeness (QED) is 0.498. The van der Waals surface area contributed by atoms with E-state index in [1.165, 1.54) is 0 Å². The molecule has 0 amide bonds. The number of halogens is 2. The number of aryl methyl sites for hydroxylation is 1. The van der Waals surface area contributed by atoms with E-state index >= 15 is 0 Å². The van der Waals surface area contributed by atoms with Crippen molar-refractivity contribution >= 4 is 38.3 Å². The summed E-state index contributed by atoms with van der Waals surface area (Å²) in [6, 6.07) is 0.621. The van der Waals surface area contributed by atoms with Crippen LogP contribution in [0.25, 0.3) is 33.2 Å². The Bertz CT molecular complexity index is 1140. The normalized spacial score (nSPS) is 11.6. The van der Waals surface area contributed by atoms with Gasteiger partial charge in [-0.25, -0.2) is 18.7 Å². The van der Waals surface area contributed by atoms with Gasteiger partial charge in [-0.15, -0.1) is 11.3 Å². The summed E-state index contributed by atoms with van der Waals surface area (Å²) in [7, 11) is 0. The van der Waals surface area contributed by atoms with Gasteiger partial charge in [0.2, 0.25) is 5.43 Å². The van der Waals surface area contributed by atoms with Crippen molar-refractivity contribution in [1.82, 2.24) is 20.2 Å². The molecule has 4 aromatic rings. The number of hydrogen-bond donors (Lipinski definition) is 3. The maximum atomic E-state index is 14.5. The van der Waals surface area contributed by atoms with Crippen molar-refractivity contribution in [2.75, 3.05) is 5.73 Å². The second-order valence-corrected chi connectivity index (χ2v) is 5.94. The van der Waals surface area contributed by atoms with Gasteiger partial charge < -0.3 is 10.8 Å². The van der Waals surface area contributed by atoms with Crippen LogP contribution in [-0.2, 0) is 0 Å². The number of rotatable bonds is 1. The number of nitrogen functional groups attached to an aromatic ring is 1. The Kier molecular flexibility index (Phi) is 2.76. The number of fused-ring (bicyclic) bond motifs is 3. The Balaban J connectivity index is 2.31. The fraction of sp³-hybridized carbons (Fsp3) is 0.0714. The minimum atomic E-state index is -1.02. The van der Waals surface area contributed by atoms with Crippen molar-refractivity contribution in [3.05, 3.63) is 39.0 Å². The minimum absolute atomic E-state index is 0.0870. The van der Waals surface area contributed by atoms with E-state index in [1.54, 1.807) is 12.3 Å². The highest BCUT2D eigenvalue weighted by molar-refractivity contribution is 7.13. The van der Waals surface area contributed by atoms with E-state index in [9.17, 15) is 13.6 Å². The van der Waals surface area contributed by atoms with Gasteiger partial charge in [-0.1, -0.05) is 0 Å². The molecule has 6 nitrogen and oxygen atoms in total. The van der Waals surface area contributed by atoms with Crippen LogP contribution in [0.5, 0.6) is 0 Å². The van der Waals surface area contributed by atoms with Gasteiger partial charge in [0.1, 0.15) is 17.2 Å². The second kappa shape index (κ2) is 4.59. The molecule has 0 radical (unpaired) electrons. The predicted molar refractivity (Wildman–Crippen MR) is 84.4 cm³/mol. The summed E-state index contributed by atoms with van der Waals surface area (Å²) in [6.45, 7) is 1.68. The van der Waals surface area contributed by atoms with E-state index in [-0.39, 0.29) is 21.6 Å². The molecule has 0 bridgehead atoms. The van der Waals surface area contributed by atoms with Crippen LogP contribution < -0.4 is 11.2 Å². The predicted octanol–water partition coefficient (Wildman–Crippen LogP) is 2.70. The lowest BCUT2D eigenvalue weighted by Crippen LogP contribution is -2.08. The van der Waals surface area contributed by atoms with Crippen molar-refractivity contribution in [2.45, 2.75) is 6.92 Å². The average molecular weight is 333 g/mol. The Labute approximate surface area is 131 Å². The highest BCUT2D eigenvalue weighted by atomic mass is 32.1. The molecule has 0 aliphatic carbocycles. The average Bonchev–Trinajstić information content (AvgIpc) is 3.10. The van der Waals surface area contributed by atoms with Gasteiger partial charge in [0.25, 0.3) is 0 Å². The molecule has 9 heteroatoms. The van der Waals surface area contributed by atoms with Crippen LogP contribution in [0.2, 0.25) is 0 Å². The molecular weight excluding hydrogens is 324 g/mol. The Morgan fingerprint density at radius 1 is 1.17 bits per heavy atom. The number of pyridine rings is 1. The topological polar surface area (TPSA) is 100 Å². The van der Waals surface area contributed by atoms with E-state index in [4.69, 9.17) is 5.73 Å². The molecule has 4 N–H and O–H groups in total. The summed E-state index contributed by atoms with van der Waals surface area (Å²) < 4.78 is 29.0. The number of aromatic amines is 2. The number of H-pyrrole nitrogens is 2. The summed E-state index contributed by atoms with van der Waals surface area (Å²) >= 11 is 1.16. The van der Waals surface area contributed by atoms with Crippen LogP contribution in [0.3, 0.4) is 0 Å². The third kappa shape index (κ3) is 1.86. The van der Waals surface area contributed by atoms with Crippen molar-refractivity contribution in [2.24, 2.45) is 0 Å². The number of nitrogens with two attached hydrogens (primary N) is 1. The summed E-state index contributed by atoms with van der Waals surface area (Å²) in [6.07, 6.45) is 0. The minimum Gasteiger partial charge on any atom is -0.375 e. The van der Waals surface area contributed by atoms with Crippen LogP contribution in [0, 0.1) is 18.6 Å². The van der Waals surface area contributed by atoms with Gasteiger partial charge in [0.15, 0.2) is 16.6 Å². The van der Waals surface area contributed by atoms with Gasteiger partial charge in [0, 0.05) is 27.9 Å². The SMILES string of the molecule is Cc1[nH][nH]c2nc(-c3csc(N)n3)c3c(F)cc(=O)c(F)c3c12. The van der Waals surface area contributed by atoms with Crippen molar-refractivity contribution in [3.63, 3.8) is 0 Å². The molecule has 0 spiro atoms. The monoisotopic (exact) mass is 333 g/mol. The second-order valence-electron chi connectivity index (χ2n) is 5.05. The zero-order chi connectivity index (χ0) is 16.3. The number of hydrogen-bond acceptors (Lipinski definition) is 5. The maximum absolute atomic E-state index is 14.5. The van der Waals surface area contributed by atoms with Crippen molar-refractivity contribution in [3.8, 4) is 11.4 Å². The fourth-order valence-corrected chi connectivity index (χ4v) is 3.21.